The van der Waals surface area contributed by atoms with Crippen molar-refractivity contribution < 1.29 is 13.6 Å². The molecule has 0 radical (unpaired) electrons. The molecule has 0 unspecified atom stereocenters. The number of nitrogens with zero attached hydrogens (tertiary/aromatic N) is 4. The number of nitrogens with one attached hydrogen (secondary N) is 2. The van der Waals surface area contributed by atoms with Crippen molar-refractivity contribution in [1.29, 1.82) is 0 Å². The average Bonchev–Trinajstić information content (AvgIpc) is 3.34. The van der Waals surface area contributed by atoms with Crippen LogP contribution in [-0.2, 0) is 0 Å². The first kappa shape index (κ1) is 24.2. The van der Waals surface area contributed by atoms with Crippen LogP contribution in [0.5, 0.6) is 0 Å². The van der Waals surface area contributed by atoms with Crippen LogP contribution in [0.25, 0.3) is 22.0 Å². The molecule has 10 heteroatoms. The molecule has 2 aromatic carbocycles. The molecule has 2 N–H and O–H groups in total. The Morgan fingerprint density at radius 1 is 1.20 bits per heavy atom. The predicted molar refractivity (Wildman–Crippen MR) is 130 cm³/mol. The standard InChI is InChI=1S/C25H26F2N6O2/c1-15(16-5-4-6-18(11-16)24(34)28-9-10-32(2)3)33-14-29-21-12-17(7-8-19(21)25(33)35)20-13-30-31-22(20)23(26)27/h4-8,11-15,23H,9-10H2,1-3H3,(H,28,34)(H,30,31)/t15-/m1/s1. The molecule has 4 aromatic rings. The smallest absolute Gasteiger partial charge is 0.280 e. The number of aromatic amines is 1. The number of benzene rings is 2. The van der Waals surface area contributed by atoms with Gasteiger partial charge >= 0.3 is 0 Å². The molecule has 0 aliphatic rings. The minimum absolute atomic E-state index is 0.181. The first-order valence-corrected chi connectivity index (χ1v) is 11.1. The monoisotopic (exact) mass is 480 g/mol. The maximum absolute atomic E-state index is 13.2. The molecule has 0 spiro atoms. The quantitative estimate of drug-likeness (QED) is 0.402. The number of fused-ring (bicyclic) bond motifs is 1. The fourth-order valence-electron chi connectivity index (χ4n) is 3.87. The summed E-state index contributed by atoms with van der Waals surface area (Å²) in [6, 6.07) is 11.5. The zero-order valence-electron chi connectivity index (χ0n) is 19.6. The second kappa shape index (κ2) is 10.1. The summed E-state index contributed by atoms with van der Waals surface area (Å²) in [5, 5.41) is 9.27. The van der Waals surface area contributed by atoms with E-state index in [1.54, 1.807) is 36.4 Å². The summed E-state index contributed by atoms with van der Waals surface area (Å²) >= 11 is 0. The lowest BCUT2D eigenvalue weighted by Crippen LogP contribution is -2.31. The lowest BCUT2D eigenvalue weighted by atomic mass is 10.0. The fourth-order valence-corrected chi connectivity index (χ4v) is 3.87. The summed E-state index contributed by atoms with van der Waals surface area (Å²) in [7, 11) is 3.87. The molecule has 1 amide bonds. The van der Waals surface area contributed by atoms with Gasteiger partial charge in [-0.1, -0.05) is 18.2 Å². The number of hydrogen-bond donors (Lipinski definition) is 2. The van der Waals surface area contributed by atoms with Gasteiger partial charge < -0.3 is 10.2 Å². The van der Waals surface area contributed by atoms with Crippen molar-refractivity contribution in [2.75, 3.05) is 27.2 Å². The summed E-state index contributed by atoms with van der Waals surface area (Å²) in [5.41, 5.74) is 1.90. The maximum Gasteiger partial charge on any atom is 0.280 e. The first-order valence-electron chi connectivity index (χ1n) is 11.1. The number of halogens is 2. The van der Waals surface area contributed by atoms with E-state index in [1.807, 2.05) is 32.0 Å². The molecule has 182 valence electrons. The van der Waals surface area contributed by atoms with E-state index in [-0.39, 0.29) is 28.8 Å². The molecule has 0 aliphatic heterocycles. The number of hydrogen-bond acceptors (Lipinski definition) is 5. The van der Waals surface area contributed by atoms with Crippen LogP contribution in [0.2, 0.25) is 0 Å². The van der Waals surface area contributed by atoms with Crippen LogP contribution in [0.3, 0.4) is 0 Å². The highest BCUT2D eigenvalue weighted by Crippen LogP contribution is 2.30. The second-order valence-corrected chi connectivity index (χ2v) is 8.55. The Balaban J connectivity index is 1.62. The van der Waals surface area contributed by atoms with Crippen LogP contribution in [0.4, 0.5) is 8.78 Å². The zero-order chi connectivity index (χ0) is 25.1. The lowest BCUT2D eigenvalue weighted by Gasteiger charge is -2.17. The van der Waals surface area contributed by atoms with Crippen molar-refractivity contribution in [3.8, 4) is 11.1 Å². The Hall–Kier alpha value is -3.92. The van der Waals surface area contributed by atoms with E-state index in [0.717, 1.165) is 12.1 Å². The van der Waals surface area contributed by atoms with Crippen LogP contribution >= 0.6 is 0 Å². The molecule has 2 aromatic heterocycles. The Morgan fingerprint density at radius 3 is 2.74 bits per heavy atom. The number of amides is 1. The maximum atomic E-state index is 13.2. The third-order valence-corrected chi connectivity index (χ3v) is 5.87. The van der Waals surface area contributed by atoms with Gasteiger partial charge in [-0.3, -0.25) is 19.3 Å². The van der Waals surface area contributed by atoms with Gasteiger partial charge in [-0.25, -0.2) is 13.8 Å². The van der Waals surface area contributed by atoms with Gasteiger partial charge in [0.05, 0.1) is 29.5 Å². The third kappa shape index (κ3) is 5.12. The molecule has 0 bridgehead atoms. The zero-order valence-corrected chi connectivity index (χ0v) is 19.6. The van der Waals surface area contributed by atoms with Gasteiger partial charge in [-0.2, -0.15) is 5.10 Å². The van der Waals surface area contributed by atoms with Gasteiger partial charge in [0.15, 0.2) is 0 Å². The van der Waals surface area contributed by atoms with Crippen LogP contribution in [0.1, 0.15) is 41.0 Å². The number of rotatable bonds is 8. The molecular formula is C25H26F2N6O2. The van der Waals surface area contributed by atoms with E-state index in [4.69, 9.17) is 0 Å². The normalized spacial score (nSPS) is 12.4. The van der Waals surface area contributed by atoms with Gasteiger partial charge in [-0.05, 0) is 56.4 Å². The minimum atomic E-state index is -2.70. The van der Waals surface area contributed by atoms with E-state index in [9.17, 15) is 18.4 Å². The average molecular weight is 481 g/mol. The van der Waals surface area contributed by atoms with Crippen molar-refractivity contribution in [2.24, 2.45) is 0 Å². The van der Waals surface area contributed by atoms with Crippen LogP contribution in [0.15, 0.2) is 59.8 Å². The third-order valence-electron chi connectivity index (χ3n) is 5.87. The summed E-state index contributed by atoms with van der Waals surface area (Å²) < 4.78 is 28.0. The van der Waals surface area contributed by atoms with Crippen molar-refractivity contribution in [1.82, 2.24) is 30.0 Å². The summed E-state index contributed by atoms with van der Waals surface area (Å²) in [6.07, 6.45) is 0.0675. The van der Waals surface area contributed by atoms with Crippen molar-refractivity contribution in [2.45, 2.75) is 19.4 Å². The number of carbonyl (C=O) groups is 1. The Labute approximate surface area is 200 Å². The fraction of sp³-hybridized carbons (Fsp3) is 0.280. The van der Waals surface area contributed by atoms with E-state index in [2.05, 4.69) is 20.5 Å². The van der Waals surface area contributed by atoms with Gasteiger partial charge in [0.2, 0.25) is 0 Å². The summed E-state index contributed by atoms with van der Waals surface area (Å²) in [5.74, 6) is -0.181. The Bertz CT molecular complexity index is 1410. The highest BCUT2D eigenvalue weighted by Gasteiger charge is 2.18. The number of likely N-dealkylation sites (N-methyl/N-ethyl adjacent to an activating group) is 1. The van der Waals surface area contributed by atoms with Crippen molar-refractivity contribution in [3.05, 3.63) is 82.2 Å². The van der Waals surface area contributed by atoms with Gasteiger partial charge in [-0.15, -0.1) is 0 Å². The van der Waals surface area contributed by atoms with Crippen molar-refractivity contribution >= 4 is 16.8 Å². The molecule has 0 saturated heterocycles. The predicted octanol–water partition coefficient (Wildman–Crippen LogP) is 3.62. The van der Waals surface area contributed by atoms with Gasteiger partial charge in [0.1, 0.15) is 5.69 Å². The molecule has 35 heavy (non-hydrogen) atoms. The second-order valence-electron chi connectivity index (χ2n) is 8.55. The molecule has 0 aliphatic carbocycles. The van der Waals surface area contributed by atoms with E-state index in [0.29, 0.717) is 28.6 Å². The van der Waals surface area contributed by atoms with Gasteiger partial charge in [0.25, 0.3) is 17.9 Å². The largest absolute Gasteiger partial charge is 0.351 e. The molecule has 1 atom stereocenters. The first-order chi connectivity index (χ1) is 16.8. The summed E-state index contributed by atoms with van der Waals surface area (Å²) in [6.45, 7) is 3.11. The van der Waals surface area contributed by atoms with Crippen LogP contribution < -0.4 is 10.9 Å². The molecule has 0 fully saturated rings. The lowest BCUT2D eigenvalue weighted by molar-refractivity contribution is 0.0951. The summed E-state index contributed by atoms with van der Waals surface area (Å²) in [4.78, 5) is 32.1. The van der Waals surface area contributed by atoms with E-state index >= 15 is 0 Å². The van der Waals surface area contributed by atoms with Crippen LogP contribution in [0, 0.1) is 0 Å². The topological polar surface area (TPSA) is 95.9 Å². The van der Waals surface area contributed by atoms with Gasteiger partial charge in [0, 0.05) is 24.2 Å². The highest BCUT2D eigenvalue weighted by atomic mass is 19.3. The molecule has 8 nitrogen and oxygen atoms in total. The highest BCUT2D eigenvalue weighted by molar-refractivity contribution is 5.94. The molecular weight excluding hydrogens is 454 g/mol. The van der Waals surface area contributed by atoms with E-state index < -0.39 is 6.43 Å². The molecule has 0 saturated carbocycles. The number of aromatic nitrogens is 4. The number of alkyl halides is 2. The van der Waals surface area contributed by atoms with E-state index in [1.165, 1.54) is 17.1 Å². The Morgan fingerprint density at radius 2 is 2.00 bits per heavy atom. The van der Waals surface area contributed by atoms with Crippen LogP contribution in [-0.4, -0.2) is 57.7 Å². The molecule has 4 rings (SSSR count). The number of H-pyrrole nitrogens is 1. The van der Waals surface area contributed by atoms with Crippen molar-refractivity contribution in [3.63, 3.8) is 0 Å². The molecule has 2 heterocycles. The minimum Gasteiger partial charge on any atom is -0.351 e. The SMILES string of the molecule is C[C@H](c1cccc(C(=O)NCCN(C)C)c1)n1cnc2cc(-c3cn[nH]c3C(F)F)ccc2c1=O. The number of carbonyl (C=O) groups excluding carboxylic acids is 1. The Kier molecular flexibility index (Phi) is 7.02.